The van der Waals surface area contributed by atoms with Crippen molar-refractivity contribution in [1.29, 1.82) is 0 Å². The van der Waals surface area contributed by atoms with Gasteiger partial charge in [-0.05, 0) is 74.6 Å². The molecule has 2 N–H and O–H groups in total. The summed E-state index contributed by atoms with van der Waals surface area (Å²) < 4.78 is 4.61. The summed E-state index contributed by atoms with van der Waals surface area (Å²) in [7, 11) is 2.12. The molecule has 1 aromatic carbocycles. The van der Waals surface area contributed by atoms with Crippen LogP contribution in [0.3, 0.4) is 0 Å². The van der Waals surface area contributed by atoms with Crippen LogP contribution in [-0.4, -0.2) is 53.8 Å². The van der Waals surface area contributed by atoms with Crippen LogP contribution in [0.15, 0.2) is 59.7 Å². The van der Waals surface area contributed by atoms with Crippen LogP contribution in [0.4, 0.5) is 0 Å². The second-order valence-corrected chi connectivity index (χ2v) is 10.3. The molecule has 2 aliphatic rings. The van der Waals surface area contributed by atoms with Crippen LogP contribution >= 0.6 is 21.0 Å². The number of hydrogen-bond acceptors (Lipinski definition) is 5. The Bertz CT molecular complexity index is 1060. The monoisotopic (exact) mass is 515 g/mol. The molecule has 0 fully saturated rings. The van der Waals surface area contributed by atoms with Gasteiger partial charge in [-0.1, -0.05) is 24.3 Å². The maximum Gasteiger partial charge on any atom is 0.0774 e. The normalized spacial score (nSPS) is 18.9. The first kappa shape index (κ1) is 21.1. The van der Waals surface area contributed by atoms with Gasteiger partial charge in [0.1, 0.15) is 0 Å². The lowest BCUT2D eigenvalue weighted by Crippen LogP contribution is -2.14. The van der Waals surface area contributed by atoms with E-state index in [4.69, 9.17) is 4.98 Å². The van der Waals surface area contributed by atoms with Gasteiger partial charge in [0, 0.05) is 29.9 Å². The molecule has 2 atom stereocenters. The predicted octanol–water partition coefficient (Wildman–Crippen LogP) is 3.76. The molecular weight excluding hydrogens is 489 g/mol. The molecule has 0 saturated carbocycles. The first-order valence-electron chi connectivity index (χ1n) is 10.1. The number of aliphatic hydroxyl groups is 2. The number of benzene rings is 1. The second kappa shape index (κ2) is 9.32. The number of rotatable bonds is 7. The summed E-state index contributed by atoms with van der Waals surface area (Å²) in [6.45, 7) is 1.82. The summed E-state index contributed by atoms with van der Waals surface area (Å²) in [6, 6.07) is 12.8. The zero-order valence-electron chi connectivity index (χ0n) is 17.2. The summed E-state index contributed by atoms with van der Waals surface area (Å²) in [4.78, 5) is 9.64. The maximum absolute atomic E-state index is 9.85. The molecule has 1 aromatic heterocycles. The molecule has 0 amide bonds. The van der Waals surface area contributed by atoms with Gasteiger partial charge < -0.3 is 13.3 Å². The summed E-state index contributed by atoms with van der Waals surface area (Å²) in [6.07, 6.45) is 6.62. The van der Waals surface area contributed by atoms with Crippen molar-refractivity contribution in [3.8, 4) is 11.3 Å². The molecule has 2 aromatic rings. The van der Waals surface area contributed by atoms with Gasteiger partial charge in [-0.3, -0.25) is 9.98 Å². The molecule has 1 unspecified atom stereocenters. The first-order valence-corrected chi connectivity index (χ1v) is 12.3. The third-order valence-corrected chi connectivity index (χ3v) is 7.29. The van der Waals surface area contributed by atoms with Crippen molar-refractivity contribution in [1.82, 2.24) is 8.10 Å². The van der Waals surface area contributed by atoms with Crippen LogP contribution in [0.1, 0.15) is 30.2 Å². The van der Waals surface area contributed by atoms with Crippen molar-refractivity contribution < 1.29 is 10.2 Å². The number of nitrogens with zero attached hydrogens (tertiary/aromatic N) is 3. The van der Waals surface area contributed by atoms with E-state index in [-0.39, 0.29) is 33.7 Å². The Morgan fingerprint density at radius 1 is 1.20 bits per heavy atom. The quantitative estimate of drug-likeness (QED) is 0.436. The van der Waals surface area contributed by atoms with Crippen LogP contribution in [-0.2, 0) is 6.42 Å². The fourth-order valence-electron chi connectivity index (χ4n) is 3.55. The van der Waals surface area contributed by atoms with Crippen molar-refractivity contribution in [3.63, 3.8) is 0 Å². The van der Waals surface area contributed by atoms with E-state index in [0.29, 0.717) is 12.8 Å². The van der Waals surface area contributed by atoms with Gasteiger partial charge in [0.2, 0.25) is 0 Å². The van der Waals surface area contributed by atoms with E-state index >= 15 is 0 Å². The molecule has 0 radical (unpaired) electrons. The average molecular weight is 515 g/mol. The van der Waals surface area contributed by atoms with Crippen molar-refractivity contribution in [2.45, 2.75) is 31.9 Å². The highest BCUT2D eigenvalue weighted by Gasteiger charge is 2.16. The fraction of sp³-hybridized carbons (Fsp3) is 0.292. The molecule has 6 heteroatoms. The smallest absolute Gasteiger partial charge is 0.0774 e. The molecule has 2 aliphatic heterocycles. The van der Waals surface area contributed by atoms with Crippen molar-refractivity contribution in [3.05, 3.63) is 71.6 Å². The molecule has 0 bridgehead atoms. The minimum Gasteiger partial charge on any atom is -0.394 e. The molecule has 30 heavy (non-hydrogen) atoms. The molecule has 156 valence electrons. The fourth-order valence-corrected chi connectivity index (χ4v) is 5.27. The highest BCUT2D eigenvalue weighted by molar-refractivity contribution is 14.2. The van der Waals surface area contributed by atoms with Crippen LogP contribution in [0.5, 0.6) is 0 Å². The molecule has 4 rings (SSSR count). The Morgan fingerprint density at radius 3 is 2.73 bits per heavy atom. The van der Waals surface area contributed by atoms with E-state index in [2.05, 4.69) is 68.7 Å². The van der Waals surface area contributed by atoms with Crippen molar-refractivity contribution >= 4 is 36.3 Å². The topological polar surface area (TPSA) is 69.0 Å². The van der Waals surface area contributed by atoms with Crippen LogP contribution in [0.2, 0.25) is 0 Å². The first-order chi connectivity index (χ1) is 14.5. The Kier molecular flexibility index (Phi) is 6.55. The molecule has 0 saturated heterocycles. The van der Waals surface area contributed by atoms with Crippen LogP contribution in [0, 0.1) is 0 Å². The van der Waals surface area contributed by atoms with Gasteiger partial charge in [0.25, 0.3) is 0 Å². The van der Waals surface area contributed by atoms with Gasteiger partial charge in [-0.15, -0.1) is 0 Å². The van der Waals surface area contributed by atoms with Gasteiger partial charge >= 0.3 is 0 Å². The summed E-state index contributed by atoms with van der Waals surface area (Å²) in [5.74, 6) is 0. The minimum absolute atomic E-state index is 0.0481. The minimum atomic E-state index is -0.739. The lowest BCUT2D eigenvalue weighted by molar-refractivity contribution is 0.0884. The number of allylic oxidation sites excluding steroid dienone is 2. The zero-order valence-corrected chi connectivity index (χ0v) is 19.3. The molecule has 5 nitrogen and oxygen atoms in total. The summed E-state index contributed by atoms with van der Waals surface area (Å²) in [5, 5.41) is 19.0. The van der Waals surface area contributed by atoms with E-state index in [1.807, 2.05) is 12.1 Å². The third kappa shape index (κ3) is 4.77. The largest absolute Gasteiger partial charge is 0.394 e. The number of aliphatic imine (C=N–C) groups is 1. The highest BCUT2D eigenvalue weighted by atomic mass is 127. The second-order valence-electron chi connectivity index (χ2n) is 7.58. The van der Waals surface area contributed by atoms with Gasteiger partial charge in [-0.2, -0.15) is 0 Å². The van der Waals surface area contributed by atoms with Crippen LogP contribution in [0.25, 0.3) is 16.8 Å². The van der Waals surface area contributed by atoms with Crippen molar-refractivity contribution in [2.24, 2.45) is 4.99 Å². The van der Waals surface area contributed by atoms with E-state index < -0.39 is 6.10 Å². The Morgan fingerprint density at radius 2 is 2.03 bits per heavy atom. The maximum atomic E-state index is 9.85. The summed E-state index contributed by atoms with van der Waals surface area (Å²) >= 11 is -0.0481. The lowest BCUT2D eigenvalue weighted by atomic mass is 9.99. The van der Waals surface area contributed by atoms with Gasteiger partial charge in [-0.25, -0.2) is 0 Å². The molecule has 3 heterocycles. The Balaban J connectivity index is 1.69. The lowest BCUT2D eigenvalue weighted by Gasteiger charge is -2.13. The average Bonchev–Trinajstić information content (AvgIpc) is 3.40. The van der Waals surface area contributed by atoms with E-state index in [0.717, 1.165) is 28.2 Å². The Hall–Kier alpha value is -2.16. The SMILES string of the molecule is CC1C=CC(c2ccc(-c3cccc(C4=CN(C)I=C4)c3)nc2CC[C@@H](O)CO)=N1. The number of hydrogen-bond donors (Lipinski definition) is 2. The number of aryl methyl sites for hydroxylation is 1. The van der Waals surface area contributed by atoms with Gasteiger partial charge in [0.15, 0.2) is 0 Å². The predicted molar refractivity (Wildman–Crippen MR) is 132 cm³/mol. The zero-order chi connectivity index (χ0) is 21.1. The third-order valence-electron chi connectivity index (χ3n) is 5.18. The summed E-state index contributed by atoms with van der Waals surface area (Å²) in [5.41, 5.74) is 7.29. The van der Waals surface area contributed by atoms with E-state index in [1.54, 1.807) is 0 Å². The number of aliphatic hydroxyl groups excluding tert-OH is 2. The standard InChI is InChI=1S/C24H26IN3O2/c1-16-6-9-23(26-16)21-8-11-22(27-24(21)10-7-20(30)15-29)18-5-3-4-17(12-18)19-13-25-28(2)14-19/h3-6,8-9,11-14,16,20,29-30H,7,10,15H2,1-2H3/t16?,20-/m1/s1. The van der Waals surface area contributed by atoms with E-state index in [1.165, 1.54) is 11.1 Å². The highest BCUT2D eigenvalue weighted by Crippen LogP contribution is 2.28. The van der Waals surface area contributed by atoms with Crippen LogP contribution < -0.4 is 0 Å². The molecule has 0 spiro atoms. The van der Waals surface area contributed by atoms with Gasteiger partial charge in [0.05, 0.1) is 35.9 Å². The Labute approximate surface area is 187 Å². The molecule has 0 aliphatic carbocycles. The number of aromatic nitrogens is 1. The number of halogens is 1. The van der Waals surface area contributed by atoms with Crippen molar-refractivity contribution in [2.75, 3.05) is 13.7 Å². The van der Waals surface area contributed by atoms with E-state index in [9.17, 15) is 10.2 Å². The molecular formula is C24H26IN3O2. The number of pyridine rings is 1.